The number of hydrogen-bond donors (Lipinski definition) is 2. The molecule has 0 aliphatic heterocycles. The lowest BCUT2D eigenvalue weighted by Crippen LogP contribution is -2.12. The molecule has 21 heavy (non-hydrogen) atoms. The van der Waals surface area contributed by atoms with Gasteiger partial charge in [0.05, 0.1) is 10.7 Å². The van der Waals surface area contributed by atoms with Crippen molar-refractivity contribution >= 4 is 40.5 Å². The summed E-state index contributed by atoms with van der Waals surface area (Å²) in [5.41, 5.74) is 8.83. The van der Waals surface area contributed by atoms with Crippen LogP contribution >= 0.6 is 23.2 Å². The second kappa shape index (κ2) is 6.83. The zero-order valence-electron chi connectivity index (χ0n) is 11.6. The van der Waals surface area contributed by atoms with Crippen molar-refractivity contribution in [2.45, 2.75) is 19.8 Å². The summed E-state index contributed by atoms with van der Waals surface area (Å²) in [6, 6.07) is 10.9. The molecule has 2 aromatic carbocycles. The molecule has 110 valence electrons. The number of hydrogen-bond acceptors (Lipinski definition) is 2. The number of carbonyl (C=O) groups excluding carboxylic acids is 1. The van der Waals surface area contributed by atoms with E-state index in [1.807, 2.05) is 31.2 Å². The molecule has 0 atom stereocenters. The van der Waals surface area contributed by atoms with Crippen LogP contribution in [0.5, 0.6) is 0 Å². The Morgan fingerprint density at radius 3 is 2.67 bits per heavy atom. The van der Waals surface area contributed by atoms with E-state index in [2.05, 4.69) is 5.32 Å². The SMILES string of the molecule is Cc1cc(Cl)c(NC(=O)CCc2cccc(N)c2)cc1Cl. The lowest BCUT2D eigenvalue weighted by Gasteiger charge is -2.09. The Morgan fingerprint density at radius 1 is 1.19 bits per heavy atom. The van der Waals surface area contributed by atoms with Crippen LogP contribution in [-0.2, 0) is 11.2 Å². The van der Waals surface area contributed by atoms with Gasteiger partial charge in [0, 0.05) is 17.1 Å². The second-order valence-corrected chi connectivity index (χ2v) is 5.69. The molecule has 0 fully saturated rings. The minimum Gasteiger partial charge on any atom is -0.399 e. The van der Waals surface area contributed by atoms with Gasteiger partial charge < -0.3 is 11.1 Å². The Balaban J connectivity index is 1.97. The van der Waals surface area contributed by atoms with Gasteiger partial charge in [-0.05, 0) is 48.7 Å². The molecular formula is C16H16Cl2N2O. The Bertz CT molecular complexity index is 671. The van der Waals surface area contributed by atoms with Gasteiger partial charge in [-0.1, -0.05) is 35.3 Å². The van der Waals surface area contributed by atoms with Gasteiger partial charge in [0.2, 0.25) is 5.91 Å². The fraction of sp³-hybridized carbons (Fsp3) is 0.188. The molecule has 0 aromatic heterocycles. The molecule has 0 spiro atoms. The van der Waals surface area contributed by atoms with Gasteiger partial charge in [-0.3, -0.25) is 4.79 Å². The number of anilines is 2. The smallest absolute Gasteiger partial charge is 0.224 e. The van der Waals surface area contributed by atoms with Crippen LogP contribution in [0.1, 0.15) is 17.5 Å². The van der Waals surface area contributed by atoms with Crippen molar-refractivity contribution < 1.29 is 4.79 Å². The summed E-state index contributed by atoms with van der Waals surface area (Å²) < 4.78 is 0. The number of halogens is 2. The van der Waals surface area contributed by atoms with E-state index in [0.717, 1.165) is 11.1 Å². The lowest BCUT2D eigenvalue weighted by molar-refractivity contribution is -0.116. The Labute approximate surface area is 134 Å². The van der Waals surface area contributed by atoms with Crippen LogP contribution < -0.4 is 11.1 Å². The van der Waals surface area contributed by atoms with Crippen molar-refractivity contribution in [3.05, 3.63) is 57.6 Å². The molecule has 3 N–H and O–H groups in total. The van der Waals surface area contributed by atoms with Gasteiger partial charge in [0.1, 0.15) is 0 Å². The van der Waals surface area contributed by atoms with Crippen LogP contribution in [0.2, 0.25) is 10.0 Å². The van der Waals surface area contributed by atoms with Gasteiger partial charge >= 0.3 is 0 Å². The fourth-order valence-electron chi connectivity index (χ4n) is 1.96. The van der Waals surface area contributed by atoms with Gasteiger partial charge in [0.15, 0.2) is 0 Å². The molecule has 2 aromatic rings. The molecule has 3 nitrogen and oxygen atoms in total. The molecule has 0 unspecified atom stereocenters. The van der Waals surface area contributed by atoms with Crippen LogP contribution in [0.25, 0.3) is 0 Å². The Kier molecular flexibility index (Phi) is 5.10. The molecule has 0 bridgehead atoms. The van der Waals surface area contributed by atoms with E-state index in [1.165, 1.54) is 0 Å². The Morgan fingerprint density at radius 2 is 1.95 bits per heavy atom. The van der Waals surface area contributed by atoms with E-state index in [9.17, 15) is 4.79 Å². The van der Waals surface area contributed by atoms with Crippen LogP contribution in [0.4, 0.5) is 11.4 Å². The maximum Gasteiger partial charge on any atom is 0.224 e. The predicted octanol–water partition coefficient (Wildman–Crippen LogP) is 4.46. The monoisotopic (exact) mass is 322 g/mol. The number of carbonyl (C=O) groups is 1. The van der Waals surface area contributed by atoms with E-state index in [4.69, 9.17) is 28.9 Å². The van der Waals surface area contributed by atoms with Crippen molar-refractivity contribution in [1.82, 2.24) is 0 Å². The van der Waals surface area contributed by atoms with E-state index < -0.39 is 0 Å². The Hall–Kier alpha value is -1.71. The number of aryl methyl sites for hydroxylation is 2. The number of nitrogens with one attached hydrogen (secondary N) is 1. The van der Waals surface area contributed by atoms with Crippen molar-refractivity contribution in [2.75, 3.05) is 11.1 Å². The average molecular weight is 323 g/mol. The van der Waals surface area contributed by atoms with Gasteiger partial charge in [-0.2, -0.15) is 0 Å². The maximum atomic E-state index is 12.0. The van der Waals surface area contributed by atoms with E-state index in [1.54, 1.807) is 12.1 Å². The maximum absolute atomic E-state index is 12.0. The molecule has 0 aliphatic carbocycles. The largest absolute Gasteiger partial charge is 0.399 e. The molecule has 0 aliphatic rings. The van der Waals surface area contributed by atoms with Crippen LogP contribution in [0.3, 0.4) is 0 Å². The number of benzene rings is 2. The predicted molar refractivity (Wildman–Crippen MR) is 89.0 cm³/mol. The van der Waals surface area contributed by atoms with Gasteiger partial charge in [0.25, 0.3) is 0 Å². The highest BCUT2D eigenvalue weighted by Gasteiger charge is 2.09. The molecule has 2 rings (SSSR count). The summed E-state index contributed by atoms with van der Waals surface area (Å²) in [5.74, 6) is -0.112. The second-order valence-electron chi connectivity index (χ2n) is 4.87. The summed E-state index contributed by atoms with van der Waals surface area (Å²) in [5, 5.41) is 3.83. The normalized spacial score (nSPS) is 10.4. The molecule has 0 saturated carbocycles. The fourth-order valence-corrected chi connectivity index (χ4v) is 2.39. The summed E-state index contributed by atoms with van der Waals surface area (Å²) in [4.78, 5) is 12.0. The molecule has 0 radical (unpaired) electrons. The van der Waals surface area contributed by atoms with Gasteiger partial charge in [-0.25, -0.2) is 0 Å². The molecule has 0 saturated heterocycles. The van der Waals surface area contributed by atoms with E-state index >= 15 is 0 Å². The van der Waals surface area contributed by atoms with Gasteiger partial charge in [-0.15, -0.1) is 0 Å². The number of nitrogen functional groups attached to an aromatic ring is 1. The zero-order chi connectivity index (χ0) is 15.4. The minimum absolute atomic E-state index is 0.112. The molecule has 0 heterocycles. The van der Waals surface area contributed by atoms with Crippen LogP contribution in [0.15, 0.2) is 36.4 Å². The lowest BCUT2D eigenvalue weighted by atomic mass is 10.1. The summed E-state index contributed by atoms with van der Waals surface area (Å²) in [7, 11) is 0. The summed E-state index contributed by atoms with van der Waals surface area (Å²) in [6.07, 6.45) is 0.972. The van der Waals surface area contributed by atoms with E-state index in [-0.39, 0.29) is 5.91 Å². The average Bonchev–Trinajstić information content (AvgIpc) is 2.43. The highest BCUT2D eigenvalue weighted by molar-refractivity contribution is 6.36. The summed E-state index contributed by atoms with van der Waals surface area (Å²) in [6.45, 7) is 1.86. The third kappa shape index (κ3) is 4.38. The topological polar surface area (TPSA) is 55.1 Å². The van der Waals surface area contributed by atoms with Crippen LogP contribution in [0, 0.1) is 6.92 Å². The van der Waals surface area contributed by atoms with Crippen LogP contribution in [-0.4, -0.2) is 5.91 Å². The quantitative estimate of drug-likeness (QED) is 0.817. The third-order valence-corrected chi connectivity index (χ3v) is 3.83. The minimum atomic E-state index is -0.112. The molecular weight excluding hydrogens is 307 g/mol. The number of amides is 1. The summed E-state index contributed by atoms with van der Waals surface area (Å²) >= 11 is 12.1. The van der Waals surface area contributed by atoms with Crippen molar-refractivity contribution in [1.29, 1.82) is 0 Å². The first-order valence-corrected chi connectivity index (χ1v) is 7.31. The number of rotatable bonds is 4. The molecule has 1 amide bonds. The van der Waals surface area contributed by atoms with Crippen molar-refractivity contribution in [2.24, 2.45) is 0 Å². The number of nitrogens with two attached hydrogens (primary N) is 1. The first-order chi connectivity index (χ1) is 9.95. The van der Waals surface area contributed by atoms with Crippen molar-refractivity contribution in [3.63, 3.8) is 0 Å². The first kappa shape index (κ1) is 15.7. The van der Waals surface area contributed by atoms with Crippen molar-refractivity contribution in [3.8, 4) is 0 Å². The highest BCUT2D eigenvalue weighted by Crippen LogP contribution is 2.28. The van der Waals surface area contributed by atoms with E-state index in [0.29, 0.717) is 34.3 Å². The standard InChI is InChI=1S/C16H16Cl2N2O/c1-10-7-14(18)15(9-13(10)17)20-16(21)6-5-11-3-2-4-12(19)8-11/h2-4,7-9H,5-6,19H2,1H3,(H,20,21). The highest BCUT2D eigenvalue weighted by atomic mass is 35.5. The first-order valence-electron chi connectivity index (χ1n) is 6.55. The third-order valence-electron chi connectivity index (χ3n) is 3.11. The zero-order valence-corrected chi connectivity index (χ0v) is 13.1. The molecule has 5 heteroatoms.